The number of benzene rings is 2. The number of likely N-dealkylation sites (tertiary alicyclic amines) is 1. The number of alkyl halides is 1. The zero-order chi connectivity index (χ0) is 18.6. The predicted octanol–water partition coefficient (Wildman–Crippen LogP) is 5.10. The lowest BCUT2D eigenvalue weighted by atomic mass is 9.88. The van der Waals surface area contributed by atoms with Gasteiger partial charge in [0.25, 0.3) is 0 Å². The molecular weight excluding hydrogens is 346 g/mol. The maximum Gasteiger partial charge on any atom is 0.164 e. The maximum absolute atomic E-state index is 12.5. The average Bonchev–Trinajstić information content (AvgIpc) is 2.68. The molecule has 138 valence electrons. The van der Waals surface area contributed by atoms with Crippen molar-refractivity contribution in [2.24, 2.45) is 0 Å². The molecule has 26 heavy (non-hydrogen) atoms. The first-order valence-corrected chi connectivity index (χ1v) is 9.54. The number of hydrogen-bond acceptors (Lipinski definition) is 3. The number of carbonyl (C=O) groups is 1. The van der Waals surface area contributed by atoms with E-state index in [1.807, 2.05) is 42.5 Å². The van der Waals surface area contributed by atoms with Gasteiger partial charge in [0.1, 0.15) is 5.75 Å². The third-order valence-corrected chi connectivity index (χ3v) is 5.92. The Kier molecular flexibility index (Phi) is 6.00. The highest BCUT2D eigenvalue weighted by Gasteiger charge is 2.36. The molecule has 1 aliphatic rings. The highest BCUT2D eigenvalue weighted by atomic mass is 35.5. The molecule has 0 aliphatic carbocycles. The molecule has 2 aromatic carbocycles. The molecule has 0 N–H and O–H groups in total. The number of carbonyl (C=O) groups excluding carboxylic acids is 1. The standard InChI is InChI=1S/C22H26ClNO2/c1-17(18-8-10-20(26-2)11-9-18)24-14-12-22(23,13-15-24)16-21(25)19-6-4-3-5-7-19/h3-11,17H,12-16H2,1-2H3. The minimum absolute atomic E-state index is 0.136. The fraction of sp³-hybridized carbons (Fsp3) is 0.409. The van der Waals surface area contributed by atoms with Gasteiger partial charge in [0.15, 0.2) is 5.78 Å². The van der Waals surface area contributed by atoms with Crippen LogP contribution in [0.2, 0.25) is 0 Å². The topological polar surface area (TPSA) is 29.5 Å². The van der Waals surface area contributed by atoms with Gasteiger partial charge < -0.3 is 4.74 Å². The number of rotatable bonds is 6. The van der Waals surface area contributed by atoms with Crippen LogP contribution in [0.15, 0.2) is 54.6 Å². The van der Waals surface area contributed by atoms with Crippen LogP contribution in [0.1, 0.15) is 48.1 Å². The van der Waals surface area contributed by atoms with E-state index in [4.69, 9.17) is 16.3 Å². The third kappa shape index (κ3) is 4.46. The van der Waals surface area contributed by atoms with Crippen molar-refractivity contribution < 1.29 is 9.53 Å². The Bertz CT molecular complexity index is 722. The Morgan fingerprint density at radius 2 is 1.73 bits per heavy atom. The van der Waals surface area contributed by atoms with Crippen molar-refractivity contribution in [3.8, 4) is 5.75 Å². The molecule has 0 aromatic heterocycles. The third-order valence-electron chi connectivity index (χ3n) is 5.41. The normalized spacial score (nSPS) is 18.3. The van der Waals surface area contributed by atoms with Crippen LogP contribution >= 0.6 is 11.6 Å². The fourth-order valence-corrected chi connectivity index (χ4v) is 3.89. The lowest BCUT2D eigenvalue weighted by Crippen LogP contribution is -2.43. The number of piperidine rings is 1. The molecular formula is C22H26ClNO2. The Labute approximate surface area is 160 Å². The second-order valence-electron chi connectivity index (χ2n) is 7.10. The van der Waals surface area contributed by atoms with E-state index in [1.165, 1.54) is 5.56 Å². The van der Waals surface area contributed by atoms with Crippen LogP contribution in [0.3, 0.4) is 0 Å². The number of Topliss-reactive ketones (excluding diaryl/α,β-unsaturated/α-hetero) is 1. The fourth-order valence-electron chi connectivity index (χ4n) is 3.60. The van der Waals surface area contributed by atoms with Crippen LogP contribution in [0.25, 0.3) is 0 Å². The first-order valence-electron chi connectivity index (χ1n) is 9.16. The van der Waals surface area contributed by atoms with Gasteiger partial charge >= 0.3 is 0 Å². The number of nitrogens with zero attached hydrogens (tertiary/aromatic N) is 1. The second kappa shape index (κ2) is 8.24. The van der Waals surface area contributed by atoms with Crippen LogP contribution in [-0.4, -0.2) is 35.8 Å². The molecule has 1 saturated heterocycles. The molecule has 1 heterocycles. The molecule has 1 unspecified atom stereocenters. The van der Waals surface area contributed by atoms with Crippen LogP contribution < -0.4 is 4.74 Å². The number of ether oxygens (including phenoxy) is 1. The molecule has 0 amide bonds. The summed E-state index contributed by atoms with van der Waals surface area (Å²) in [5, 5.41) is 0. The molecule has 0 radical (unpaired) electrons. The van der Waals surface area contributed by atoms with Gasteiger partial charge in [-0.1, -0.05) is 42.5 Å². The zero-order valence-electron chi connectivity index (χ0n) is 15.5. The summed E-state index contributed by atoms with van der Waals surface area (Å²) in [6.45, 7) is 4.02. The molecule has 0 saturated carbocycles. The number of halogens is 1. The molecule has 1 fully saturated rings. The number of ketones is 1. The van der Waals surface area contributed by atoms with E-state index >= 15 is 0 Å². The van der Waals surface area contributed by atoms with Crippen LogP contribution in [0.5, 0.6) is 5.75 Å². The summed E-state index contributed by atoms with van der Waals surface area (Å²) in [5.41, 5.74) is 2.02. The van der Waals surface area contributed by atoms with E-state index < -0.39 is 4.87 Å². The summed E-state index contributed by atoms with van der Waals surface area (Å²) in [7, 11) is 1.68. The number of hydrogen-bond donors (Lipinski definition) is 0. The highest BCUT2D eigenvalue weighted by molar-refractivity contribution is 6.25. The summed E-state index contributed by atoms with van der Waals surface area (Å²) in [4.78, 5) is 14.5. The van der Waals surface area contributed by atoms with Crippen molar-refractivity contribution in [2.45, 2.75) is 37.1 Å². The highest BCUT2D eigenvalue weighted by Crippen LogP contribution is 2.36. The van der Waals surface area contributed by atoms with Crippen molar-refractivity contribution >= 4 is 17.4 Å². The molecule has 4 heteroatoms. The minimum atomic E-state index is -0.428. The van der Waals surface area contributed by atoms with Crippen LogP contribution in [-0.2, 0) is 0 Å². The van der Waals surface area contributed by atoms with Gasteiger partial charge in [-0.25, -0.2) is 0 Å². The molecule has 0 spiro atoms. The average molecular weight is 372 g/mol. The summed E-state index contributed by atoms with van der Waals surface area (Å²) in [6, 6.07) is 18.0. The smallest absolute Gasteiger partial charge is 0.164 e. The summed E-state index contributed by atoms with van der Waals surface area (Å²) < 4.78 is 5.23. The minimum Gasteiger partial charge on any atom is -0.497 e. The largest absolute Gasteiger partial charge is 0.497 e. The van der Waals surface area contributed by atoms with E-state index in [2.05, 4.69) is 24.0 Å². The van der Waals surface area contributed by atoms with Gasteiger partial charge in [-0.3, -0.25) is 9.69 Å². The van der Waals surface area contributed by atoms with Crippen molar-refractivity contribution in [2.75, 3.05) is 20.2 Å². The monoisotopic (exact) mass is 371 g/mol. The van der Waals surface area contributed by atoms with Gasteiger partial charge in [-0.2, -0.15) is 0 Å². The molecule has 1 atom stereocenters. The van der Waals surface area contributed by atoms with Crippen molar-refractivity contribution in [3.63, 3.8) is 0 Å². The molecule has 3 rings (SSSR count). The SMILES string of the molecule is COc1ccc(C(C)N2CCC(Cl)(CC(=O)c3ccccc3)CC2)cc1. The molecule has 0 bridgehead atoms. The summed E-state index contributed by atoms with van der Waals surface area (Å²) in [6.07, 6.45) is 2.06. The quantitative estimate of drug-likeness (QED) is 0.522. The number of methoxy groups -OCH3 is 1. The first-order chi connectivity index (χ1) is 12.5. The van der Waals surface area contributed by atoms with Crippen molar-refractivity contribution in [1.82, 2.24) is 4.90 Å². The Hall–Kier alpha value is -1.84. The second-order valence-corrected chi connectivity index (χ2v) is 7.90. The van der Waals surface area contributed by atoms with E-state index in [0.717, 1.165) is 37.2 Å². The van der Waals surface area contributed by atoms with Gasteiger partial charge in [0.05, 0.1) is 12.0 Å². The molecule has 3 nitrogen and oxygen atoms in total. The van der Waals surface area contributed by atoms with Gasteiger partial charge in [-0.15, -0.1) is 11.6 Å². The van der Waals surface area contributed by atoms with Crippen molar-refractivity contribution in [3.05, 3.63) is 65.7 Å². The predicted molar refractivity (Wildman–Crippen MR) is 106 cm³/mol. The zero-order valence-corrected chi connectivity index (χ0v) is 16.2. The van der Waals surface area contributed by atoms with E-state index in [9.17, 15) is 4.79 Å². The maximum atomic E-state index is 12.5. The molecule has 1 aliphatic heterocycles. The lowest BCUT2D eigenvalue weighted by Gasteiger charge is -2.40. The van der Waals surface area contributed by atoms with Crippen LogP contribution in [0.4, 0.5) is 0 Å². The van der Waals surface area contributed by atoms with Crippen LogP contribution in [0, 0.1) is 0 Å². The first kappa shape index (κ1) is 18.9. The Morgan fingerprint density at radius 1 is 1.12 bits per heavy atom. The van der Waals surface area contributed by atoms with E-state index in [0.29, 0.717) is 12.5 Å². The Balaban J connectivity index is 1.58. The van der Waals surface area contributed by atoms with Gasteiger partial charge in [-0.05, 0) is 37.5 Å². The summed E-state index contributed by atoms with van der Waals surface area (Å²) >= 11 is 6.81. The molecule has 2 aromatic rings. The van der Waals surface area contributed by atoms with E-state index in [-0.39, 0.29) is 5.78 Å². The Morgan fingerprint density at radius 3 is 2.31 bits per heavy atom. The lowest BCUT2D eigenvalue weighted by molar-refractivity contribution is 0.0927. The van der Waals surface area contributed by atoms with Gasteiger partial charge in [0.2, 0.25) is 0 Å². The van der Waals surface area contributed by atoms with E-state index in [1.54, 1.807) is 7.11 Å². The summed E-state index contributed by atoms with van der Waals surface area (Å²) in [5.74, 6) is 1.01. The van der Waals surface area contributed by atoms with Crippen molar-refractivity contribution in [1.29, 1.82) is 0 Å². The van der Waals surface area contributed by atoms with Gasteiger partial charge in [0, 0.05) is 31.1 Å².